The lowest BCUT2D eigenvalue weighted by Crippen LogP contribution is -2.41. The number of benzene rings is 1. The number of aromatic nitrogens is 3. The van der Waals surface area contributed by atoms with Crippen molar-refractivity contribution in [1.82, 2.24) is 25.2 Å². The Morgan fingerprint density at radius 3 is 2.72 bits per heavy atom. The molecule has 0 bridgehead atoms. The predicted octanol–water partition coefficient (Wildman–Crippen LogP) is 3.29. The van der Waals surface area contributed by atoms with Gasteiger partial charge in [-0.25, -0.2) is 0 Å². The molecule has 0 radical (unpaired) electrons. The van der Waals surface area contributed by atoms with Gasteiger partial charge in [-0.2, -0.15) is 5.10 Å². The molecule has 1 aliphatic rings. The summed E-state index contributed by atoms with van der Waals surface area (Å²) >= 11 is 1.58. The van der Waals surface area contributed by atoms with Gasteiger partial charge in [-0.15, -0.1) is 11.8 Å². The second kappa shape index (κ2) is 10.0. The van der Waals surface area contributed by atoms with Gasteiger partial charge in [-0.1, -0.05) is 17.3 Å². The van der Waals surface area contributed by atoms with Crippen molar-refractivity contribution in [2.24, 2.45) is 13.0 Å². The molecule has 0 atom stereocenters. The van der Waals surface area contributed by atoms with Crippen LogP contribution in [0, 0.1) is 12.8 Å². The number of hydrogen-bond acceptors (Lipinski definition) is 6. The van der Waals surface area contributed by atoms with E-state index in [0.29, 0.717) is 36.9 Å². The fraction of sp³-hybridized carbons (Fsp3) is 0.391. The molecule has 0 unspecified atom stereocenters. The maximum absolute atomic E-state index is 13.2. The van der Waals surface area contributed by atoms with E-state index in [1.54, 1.807) is 35.9 Å². The van der Waals surface area contributed by atoms with Crippen LogP contribution in [-0.2, 0) is 12.8 Å². The summed E-state index contributed by atoms with van der Waals surface area (Å²) in [5.41, 5.74) is 2.14. The number of carbonyl (C=O) groups is 2. The van der Waals surface area contributed by atoms with Crippen molar-refractivity contribution in [3.8, 4) is 0 Å². The van der Waals surface area contributed by atoms with Crippen LogP contribution in [0.25, 0.3) is 0 Å². The smallest absolute Gasteiger partial charge is 0.254 e. The lowest BCUT2D eigenvalue weighted by molar-refractivity contribution is 0.0681. The first kappa shape index (κ1) is 22.1. The van der Waals surface area contributed by atoms with E-state index in [4.69, 9.17) is 4.52 Å². The number of thioether (sulfide) groups is 1. The quantitative estimate of drug-likeness (QED) is 0.552. The summed E-state index contributed by atoms with van der Waals surface area (Å²) in [5.74, 6) is 1.73. The summed E-state index contributed by atoms with van der Waals surface area (Å²) in [6.07, 6.45) is 5.00. The van der Waals surface area contributed by atoms with Crippen LogP contribution in [0.5, 0.6) is 0 Å². The van der Waals surface area contributed by atoms with Crippen LogP contribution in [0.15, 0.2) is 52.1 Å². The van der Waals surface area contributed by atoms with Crippen LogP contribution >= 0.6 is 11.8 Å². The van der Waals surface area contributed by atoms with E-state index in [1.165, 1.54) is 0 Å². The molecule has 3 heterocycles. The summed E-state index contributed by atoms with van der Waals surface area (Å²) in [5, 5.41) is 10.9. The van der Waals surface area contributed by atoms with E-state index in [0.717, 1.165) is 34.8 Å². The lowest BCUT2D eigenvalue weighted by Gasteiger charge is -2.32. The third-order valence-electron chi connectivity index (χ3n) is 5.58. The highest BCUT2D eigenvalue weighted by Gasteiger charge is 2.25. The van der Waals surface area contributed by atoms with E-state index >= 15 is 0 Å². The molecule has 0 saturated carbocycles. The molecule has 0 aliphatic carbocycles. The Kier molecular flexibility index (Phi) is 6.94. The van der Waals surface area contributed by atoms with Gasteiger partial charge in [0.1, 0.15) is 5.76 Å². The van der Waals surface area contributed by atoms with Gasteiger partial charge in [0.05, 0.1) is 28.8 Å². The molecule has 8 nitrogen and oxygen atoms in total. The maximum atomic E-state index is 13.2. The topological polar surface area (TPSA) is 93.3 Å². The van der Waals surface area contributed by atoms with Crippen molar-refractivity contribution in [2.75, 3.05) is 19.6 Å². The van der Waals surface area contributed by atoms with Gasteiger partial charge < -0.3 is 14.7 Å². The van der Waals surface area contributed by atoms with Crippen LogP contribution in [-0.4, -0.2) is 51.3 Å². The van der Waals surface area contributed by atoms with Gasteiger partial charge in [-0.05, 0) is 37.8 Å². The highest BCUT2D eigenvalue weighted by atomic mass is 32.2. The summed E-state index contributed by atoms with van der Waals surface area (Å²) in [4.78, 5) is 28.3. The first-order valence-electron chi connectivity index (χ1n) is 10.7. The van der Waals surface area contributed by atoms with E-state index in [2.05, 4.69) is 15.6 Å². The number of hydrogen-bond donors (Lipinski definition) is 1. The molecule has 2 aromatic heterocycles. The first-order chi connectivity index (χ1) is 15.5. The Morgan fingerprint density at radius 2 is 2.03 bits per heavy atom. The third-order valence-corrected chi connectivity index (χ3v) is 6.68. The normalized spacial score (nSPS) is 14.5. The van der Waals surface area contributed by atoms with Gasteiger partial charge in [0, 0.05) is 43.8 Å². The molecule has 3 aromatic rings. The van der Waals surface area contributed by atoms with Gasteiger partial charge in [0.15, 0.2) is 0 Å². The minimum absolute atomic E-state index is 0.0553. The van der Waals surface area contributed by atoms with E-state index in [-0.39, 0.29) is 11.8 Å². The molecular formula is C23H27N5O3S. The number of likely N-dealkylation sites (tertiary alicyclic amines) is 1. The van der Waals surface area contributed by atoms with Crippen molar-refractivity contribution in [1.29, 1.82) is 0 Å². The Labute approximate surface area is 191 Å². The summed E-state index contributed by atoms with van der Waals surface area (Å²) in [6.45, 7) is 3.88. The molecule has 1 N–H and O–H groups in total. The second-order valence-corrected chi connectivity index (χ2v) is 9.08. The average Bonchev–Trinajstić information content (AvgIpc) is 3.44. The number of amides is 2. The van der Waals surface area contributed by atoms with Crippen LogP contribution in [0.3, 0.4) is 0 Å². The minimum Gasteiger partial charge on any atom is -0.360 e. The van der Waals surface area contributed by atoms with Gasteiger partial charge in [-0.3, -0.25) is 14.3 Å². The number of nitrogens with zero attached hydrogens (tertiary/aromatic N) is 4. The standard InChI is InChI=1S/C23H27N5O3S/c1-16-11-19(31-26-16)15-32-21-6-4-3-5-20(21)23(30)28-9-7-17(8-10-28)12-24-22(29)18-13-25-27(2)14-18/h3-6,11,13-14,17H,7-10,12,15H2,1-2H3,(H,24,29). The van der Waals surface area contributed by atoms with E-state index < -0.39 is 0 Å². The van der Waals surface area contributed by atoms with Crippen LogP contribution in [0.1, 0.15) is 45.0 Å². The predicted molar refractivity (Wildman–Crippen MR) is 121 cm³/mol. The molecule has 0 spiro atoms. The molecule has 1 saturated heterocycles. The molecule has 168 valence electrons. The second-order valence-electron chi connectivity index (χ2n) is 8.07. The SMILES string of the molecule is Cc1cc(CSc2ccccc2C(=O)N2CCC(CNC(=O)c3cnn(C)c3)CC2)on1. The van der Waals surface area contributed by atoms with E-state index in [1.807, 2.05) is 42.2 Å². The summed E-state index contributed by atoms with van der Waals surface area (Å²) in [6, 6.07) is 9.62. The Morgan fingerprint density at radius 1 is 1.25 bits per heavy atom. The van der Waals surface area contributed by atoms with Crippen LogP contribution < -0.4 is 5.32 Å². The highest BCUT2D eigenvalue weighted by molar-refractivity contribution is 7.98. The molecule has 1 fully saturated rings. The zero-order chi connectivity index (χ0) is 22.5. The largest absolute Gasteiger partial charge is 0.360 e. The fourth-order valence-electron chi connectivity index (χ4n) is 3.79. The average molecular weight is 454 g/mol. The molecule has 9 heteroatoms. The fourth-order valence-corrected chi connectivity index (χ4v) is 4.71. The third kappa shape index (κ3) is 5.40. The van der Waals surface area contributed by atoms with Crippen molar-refractivity contribution in [3.63, 3.8) is 0 Å². The zero-order valence-corrected chi connectivity index (χ0v) is 19.1. The minimum atomic E-state index is -0.107. The Balaban J connectivity index is 1.29. The molecule has 1 aliphatic heterocycles. The Hall–Kier alpha value is -3.07. The monoisotopic (exact) mass is 453 g/mol. The first-order valence-corrected chi connectivity index (χ1v) is 11.7. The number of carbonyl (C=O) groups excluding carboxylic acids is 2. The maximum Gasteiger partial charge on any atom is 0.254 e. The molecule has 4 rings (SSSR count). The Bertz CT molecular complexity index is 1080. The number of aryl methyl sites for hydroxylation is 2. The van der Waals surface area contributed by atoms with Crippen molar-refractivity contribution in [2.45, 2.75) is 30.4 Å². The number of rotatable bonds is 7. The zero-order valence-electron chi connectivity index (χ0n) is 18.3. The van der Waals surface area contributed by atoms with Gasteiger partial charge in [0.2, 0.25) is 0 Å². The van der Waals surface area contributed by atoms with Crippen molar-refractivity contribution >= 4 is 23.6 Å². The summed E-state index contributed by atoms with van der Waals surface area (Å²) in [7, 11) is 1.79. The molecule has 2 amide bonds. The van der Waals surface area contributed by atoms with E-state index in [9.17, 15) is 9.59 Å². The van der Waals surface area contributed by atoms with Crippen LogP contribution in [0.4, 0.5) is 0 Å². The number of nitrogens with one attached hydrogen (secondary N) is 1. The lowest BCUT2D eigenvalue weighted by atomic mass is 9.96. The van der Waals surface area contributed by atoms with Gasteiger partial charge in [0.25, 0.3) is 11.8 Å². The molecule has 32 heavy (non-hydrogen) atoms. The van der Waals surface area contributed by atoms with Gasteiger partial charge >= 0.3 is 0 Å². The van der Waals surface area contributed by atoms with Crippen LogP contribution in [0.2, 0.25) is 0 Å². The molecule has 1 aromatic carbocycles. The highest BCUT2D eigenvalue weighted by Crippen LogP contribution is 2.28. The van der Waals surface area contributed by atoms with Crippen molar-refractivity contribution < 1.29 is 14.1 Å². The molecular weight excluding hydrogens is 426 g/mol. The van der Waals surface area contributed by atoms with Crippen molar-refractivity contribution in [3.05, 3.63) is 65.3 Å². The summed E-state index contributed by atoms with van der Waals surface area (Å²) < 4.78 is 6.90. The number of piperidine rings is 1.